The number of hydrogen-bond donors (Lipinski definition) is 0. The van der Waals surface area contributed by atoms with Crippen molar-refractivity contribution in [3.05, 3.63) is 145 Å². The Morgan fingerprint density at radius 2 is 1.20 bits per heavy atom. The number of carbonyl (C=O) groups is 1. The summed E-state index contributed by atoms with van der Waals surface area (Å²) in [7, 11) is 1.64. The molecule has 6 aromatic carbocycles. The lowest BCUT2D eigenvalue weighted by Gasteiger charge is -2.25. The van der Waals surface area contributed by atoms with Gasteiger partial charge in [-0.2, -0.15) is 0 Å². The van der Waals surface area contributed by atoms with Gasteiger partial charge >= 0.3 is 0 Å². The molecule has 0 saturated carbocycles. The summed E-state index contributed by atoms with van der Waals surface area (Å²) in [5, 5.41) is 2.05. The largest absolute Gasteiger partial charge is 0.497 e. The van der Waals surface area contributed by atoms with Gasteiger partial charge in [-0.25, -0.2) is 0 Å². The van der Waals surface area contributed by atoms with Crippen LogP contribution in [0.5, 0.6) is 5.75 Å². The lowest BCUT2D eigenvalue weighted by molar-refractivity contribution is 0.100. The summed E-state index contributed by atoms with van der Waals surface area (Å²) in [4.78, 5) is 17.6. The number of anilines is 5. The van der Waals surface area contributed by atoms with Gasteiger partial charge in [0.2, 0.25) is 0 Å². The van der Waals surface area contributed by atoms with Crippen molar-refractivity contribution in [3.63, 3.8) is 0 Å². The van der Waals surface area contributed by atoms with Crippen molar-refractivity contribution in [2.24, 2.45) is 0 Å². The van der Waals surface area contributed by atoms with Gasteiger partial charge in [-0.15, -0.1) is 0 Å². The van der Waals surface area contributed by atoms with Gasteiger partial charge in [-0.1, -0.05) is 66.7 Å². The normalized spacial score (nSPS) is 12.1. The molecule has 0 bridgehead atoms. The van der Waals surface area contributed by atoms with Crippen LogP contribution in [0, 0.1) is 0 Å². The molecule has 4 heteroatoms. The predicted octanol–water partition coefficient (Wildman–Crippen LogP) is 9.28. The molecule has 1 amide bonds. The zero-order chi connectivity index (χ0) is 27.1. The van der Waals surface area contributed by atoms with Crippen LogP contribution in [-0.2, 0) is 0 Å². The molecule has 1 aliphatic heterocycles. The summed E-state index contributed by atoms with van der Waals surface area (Å²) in [6.07, 6.45) is 0. The number of amides is 1. The fourth-order valence-electron chi connectivity index (χ4n) is 5.61. The van der Waals surface area contributed by atoms with Gasteiger partial charge < -0.3 is 9.64 Å². The number of ether oxygens (including phenoxy) is 1. The molecule has 0 saturated heterocycles. The van der Waals surface area contributed by atoms with Crippen LogP contribution in [0.2, 0.25) is 0 Å². The Morgan fingerprint density at radius 3 is 1.82 bits per heavy atom. The molecule has 0 unspecified atom stereocenters. The summed E-state index contributed by atoms with van der Waals surface area (Å²) < 4.78 is 5.31. The average molecular weight is 519 g/mol. The highest BCUT2D eigenvalue weighted by Gasteiger charge is 2.31. The van der Waals surface area contributed by atoms with E-state index in [-0.39, 0.29) is 5.91 Å². The van der Waals surface area contributed by atoms with Crippen LogP contribution in [0.4, 0.5) is 28.4 Å². The zero-order valence-corrected chi connectivity index (χ0v) is 22.0. The fraction of sp³-hybridized carbons (Fsp3) is 0.0278. The lowest BCUT2D eigenvalue weighted by Crippen LogP contribution is -2.20. The summed E-state index contributed by atoms with van der Waals surface area (Å²) >= 11 is 0. The first kappa shape index (κ1) is 23.7. The maximum atomic E-state index is 13.6. The van der Waals surface area contributed by atoms with Crippen LogP contribution in [0.1, 0.15) is 10.4 Å². The molecular weight excluding hydrogens is 492 g/mol. The second kappa shape index (κ2) is 9.75. The van der Waals surface area contributed by atoms with Gasteiger partial charge in [0.25, 0.3) is 5.91 Å². The van der Waals surface area contributed by atoms with E-state index in [0.717, 1.165) is 61.6 Å². The Labute approximate surface area is 233 Å². The standard InChI is InChI=1S/C36H26N2O2/c1-40-30-21-19-29(20-22-30)38-34-24-23-31(32-13-8-14-33(35(32)34)36(38)39)25-15-17-28(18-16-25)37(26-9-4-2-5-10-26)27-11-6-3-7-12-27/h2-24H,1H3. The molecule has 192 valence electrons. The molecule has 0 fully saturated rings. The van der Waals surface area contributed by atoms with Crippen LogP contribution in [0.25, 0.3) is 21.9 Å². The number of para-hydroxylation sites is 2. The minimum absolute atomic E-state index is 0.0142. The van der Waals surface area contributed by atoms with Crippen LogP contribution < -0.4 is 14.5 Å². The molecule has 0 aromatic heterocycles. The Bertz CT molecular complexity index is 1790. The van der Waals surface area contributed by atoms with Gasteiger partial charge in [0, 0.05) is 28.1 Å². The molecule has 0 atom stereocenters. The zero-order valence-electron chi connectivity index (χ0n) is 22.0. The van der Waals surface area contributed by atoms with Crippen molar-refractivity contribution < 1.29 is 9.53 Å². The number of carbonyl (C=O) groups excluding carboxylic acids is 1. The van der Waals surface area contributed by atoms with E-state index >= 15 is 0 Å². The monoisotopic (exact) mass is 518 g/mol. The Hall–Kier alpha value is -5.35. The second-order valence-corrected chi connectivity index (χ2v) is 9.75. The van der Waals surface area contributed by atoms with E-state index in [1.165, 1.54) is 0 Å². The first-order valence-corrected chi connectivity index (χ1v) is 13.3. The van der Waals surface area contributed by atoms with Crippen molar-refractivity contribution in [2.45, 2.75) is 0 Å². The molecule has 1 aliphatic rings. The quantitative estimate of drug-likeness (QED) is 0.220. The van der Waals surface area contributed by atoms with Gasteiger partial charge in [0.1, 0.15) is 5.75 Å². The van der Waals surface area contributed by atoms with Crippen molar-refractivity contribution in [1.29, 1.82) is 0 Å². The van der Waals surface area contributed by atoms with Crippen molar-refractivity contribution >= 4 is 45.1 Å². The predicted molar refractivity (Wildman–Crippen MR) is 164 cm³/mol. The molecule has 4 nitrogen and oxygen atoms in total. The maximum absolute atomic E-state index is 13.6. The topological polar surface area (TPSA) is 32.8 Å². The van der Waals surface area contributed by atoms with E-state index in [1.54, 1.807) is 12.0 Å². The maximum Gasteiger partial charge on any atom is 0.263 e. The smallest absolute Gasteiger partial charge is 0.263 e. The number of rotatable bonds is 6. The highest BCUT2D eigenvalue weighted by molar-refractivity contribution is 6.29. The Kier molecular flexibility index (Phi) is 5.79. The summed E-state index contributed by atoms with van der Waals surface area (Å²) in [6.45, 7) is 0. The number of methoxy groups -OCH3 is 1. The molecule has 0 radical (unpaired) electrons. The van der Waals surface area contributed by atoms with Crippen LogP contribution in [0.15, 0.2) is 140 Å². The van der Waals surface area contributed by atoms with Gasteiger partial charge in [0.05, 0.1) is 18.4 Å². The van der Waals surface area contributed by atoms with E-state index in [1.807, 2.05) is 48.5 Å². The van der Waals surface area contributed by atoms with Crippen molar-refractivity contribution in [1.82, 2.24) is 0 Å². The molecule has 7 rings (SSSR count). The molecule has 1 heterocycles. The number of benzene rings is 6. The molecular formula is C36H26N2O2. The summed E-state index contributed by atoms with van der Waals surface area (Å²) in [5.74, 6) is 0.745. The minimum atomic E-state index is -0.0142. The SMILES string of the molecule is COc1ccc(N2C(=O)c3cccc4c(-c5ccc(N(c6ccccc6)c6ccccc6)cc5)ccc2c34)cc1. The van der Waals surface area contributed by atoms with Crippen molar-refractivity contribution in [3.8, 4) is 16.9 Å². The third kappa shape index (κ3) is 3.89. The van der Waals surface area contributed by atoms with E-state index in [2.05, 4.69) is 95.9 Å². The third-order valence-corrected chi connectivity index (χ3v) is 7.49. The number of nitrogens with zero attached hydrogens (tertiary/aromatic N) is 2. The lowest BCUT2D eigenvalue weighted by atomic mass is 9.95. The minimum Gasteiger partial charge on any atom is -0.497 e. The third-order valence-electron chi connectivity index (χ3n) is 7.49. The highest BCUT2D eigenvalue weighted by atomic mass is 16.5. The molecule has 6 aromatic rings. The molecule has 0 spiro atoms. The van der Waals surface area contributed by atoms with Crippen LogP contribution in [0.3, 0.4) is 0 Å². The van der Waals surface area contributed by atoms with Gasteiger partial charge in [-0.05, 0) is 89.3 Å². The van der Waals surface area contributed by atoms with Crippen LogP contribution >= 0.6 is 0 Å². The van der Waals surface area contributed by atoms with E-state index in [9.17, 15) is 4.79 Å². The first-order chi connectivity index (χ1) is 19.7. The Balaban J connectivity index is 1.30. The van der Waals surface area contributed by atoms with Gasteiger partial charge in [0.15, 0.2) is 0 Å². The van der Waals surface area contributed by atoms with E-state index in [0.29, 0.717) is 0 Å². The second-order valence-electron chi connectivity index (χ2n) is 9.75. The summed E-state index contributed by atoms with van der Waals surface area (Å²) in [6, 6.07) is 47.2. The highest BCUT2D eigenvalue weighted by Crippen LogP contribution is 2.45. The van der Waals surface area contributed by atoms with Gasteiger partial charge in [-0.3, -0.25) is 9.69 Å². The van der Waals surface area contributed by atoms with Crippen LogP contribution in [-0.4, -0.2) is 13.0 Å². The first-order valence-electron chi connectivity index (χ1n) is 13.3. The van der Waals surface area contributed by atoms with Crippen molar-refractivity contribution in [2.75, 3.05) is 16.9 Å². The average Bonchev–Trinajstić information content (AvgIpc) is 3.31. The van der Waals surface area contributed by atoms with E-state index < -0.39 is 0 Å². The molecule has 40 heavy (non-hydrogen) atoms. The molecule has 0 N–H and O–H groups in total. The number of hydrogen-bond acceptors (Lipinski definition) is 3. The fourth-order valence-corrected chi connectivity index (χ4v) is 5.61. The summed E-state index contributed by atoms with van der Waals surface area (Å²) in [5.41, 5.74) is 7.93. The van der Waals surface area contributed by atoms with E-state index in [4.69, 9.17) is 4.74 Å². The molecule has 0 aliphatic carbocycles. The Morgan fingerprint density at radius 1 is 0.575 bits per heavy atom.